The molecule has 9 heteroatoms. The van der Waals surface area contributed by atoms with Gasteiger partial charge in [0.1, 0.15) is 17.7 Å². The summed E-state index contributed by atoms with van der Waals surface area (Å²) in [5.74, 6) is 2.16. The third-order valence-corrected chi connectivity index (χ3v) is 5.41. The standard InChI is InChI=1S/C23H25N7O.ClH/c1-15-13-25-23(29-22(15)28-20-3-2-4-21-19(20)14-26-30-21)27-16-5-7-17(8-6-16)31-18-9-11-24-12-10-18;/h2-8,13-14,18,24H,9-12H2,1H3,(H,26,30)(H2,25,27,28,29);1H. The number of nitrogens with one attached hydrogen (secondary N) is 4. The number of hydrogen-bond donors (Lipinski definition) is 4. The maximum Gasteiger partial charge on any atom is 0.229 e. The van der Waals surface area contributed by atoms with Crippen LogP contribution in [0, 0.1) is 6.92 Å². The van der Waals surface area contributed by atoms with Crippen molar-refractivity contribution in [1.29, 1.82) is 0 Å². The molecule has 1 saturated heterocycles. The van der Waals surface area contributed by atoms with Gasteiger partial charge in [0.25, 0.3) is 0 Å². The molecule has 0 amide bonds. The molecule has 1 fully saturated rings. The zero-order chi connectivity index (χ0) is 21.0. The van der Waals surface area contributed by atoms with Gasteiger partial charge < -0.3 is 20.7 Å². The predicted octanol–water partition coefficient (Wildman–Crippen LogP) is 4.70. The fourth-order valence-electron chi connectivity index (χ4n) is 3.69. The van der Waals surface area contributed by atoms with Crippen molar-refractivity contribution < 1.29 is 4.74 Å². The predicted molar refractivity (Wildman–Crippen MR) is 130 cm³/mol. The smallest absolute Gasteiger partial charge is 0.229 e. The minimum absolute atomic E-state index is 0. The van der Waals surface area contributed by atoms with Crippen molar-refractivity contribution in [2.75, 3.05) is 23.7 Å². The molecule has 0 aliphatic carbocycles. The molecule has 32 heavy (non-hydrogen) atoms. The Morgan fingerprint density at radius 2 is 1.81 bits per heavy atom. The first-order valence-corrected chi connectivity index (χ1v) is 10.5. The first kappa shape index (κ1) is 21.9. The maximum atomic E-state index is 6.07. The van der Waals surface area contributed by atoms with Gasteiger partial charge in [-0.25, -0.2) is 4.98 Å². The molecule has 2 aromatic carbocycles. The monoisotopic (exact) mass is 451 g/mol. The molecule has 5 rings (SSSR count). The third kappa shape index (κ3) is 4.92. The number of piperidine rings is 1. The lowest BCUT2D eigenvalue weighted by Crippen LogP contribution is -2.34. The van der Waals surface area contributed by atoms with E-state index < -0.39 is 0 Å². The van der Waals surface area contributed by atoms with E-state index in [4.69, 9.17) is 4.74 Å². The number of halogens is 1. The Bertz CT molecular complexity index is 1170. The molecular formula is C23H26ClN7O. The van der Waals surface area contributed by atoms with E-state index in [0.717, 1.165) is 65.3 Å². The van der Waals surface area contributed by atoms with Gasteiger partial charge in [-0.15, -0.1) is 12.4 Å². The Hall–Kier alpha value is -3.36. The maximum absolute atomic E-state index is 6.07. The van der Waals surface area contributed by atoms with Gasteiger partial charge in [0.15, 0.2) is 0 Å². The Kier molecular flexibility index (Phi) is 6.72. The number of aromatic nitrogens is 4. The van der Waals surface area contributed by atoms with Gasteiger partial charge >= 0.3 is 0 Å². The molecule has 2 aromatic heterocycles. The highest BCUT2D eigenvalue weighted by atomic mass is 35.5. The van der Waals surface area contributed by atoms with Crippen LogP contribution in [-0.2, 0) is 0 Å². The molecule has 3 heterocycles. The summed E-state index contributed by atoms with van der Waals surface area (Å²) in [6, 6.07) is 13.9. The Balaban J connectivity index is 0.00000245. The van der Waals surface area contributed by atoms with Gasteiger partial charge in [0.05, 0.1) is 17.4 Å². The molecule has 4 aromatic rings. The lowest BCUT2D eigenvalue weighted by molar-refractivity contribution is 0.162. The Labute approximate surface area is 192 Å². The number of ether oxygens (including phenoxy) is 1. The summed E-state index contributed by atoms with van der Waals surface area (Å²) < 4.78 is 6.07. The minimum atomic E-state index is 0. The van der Waals surface area contributed by atoms with E-state index in [1.54, 1.807) is 6.20 Å². The highest BCUT2D eigenvalue weighted by Gasteiger charge is 2.14. The van der Waals surface area contributed by atoms with E-state index in [2.05, 4.69) is 36.1 Å². The van der Waals surface area contributed by atoms with Crippen LogP contribution >= 0.6 is 12.4 Å². The average molecular weight is 452 g/mol. The van der Waals surface area contributed by atoms with Crippen molar-refractivity contribution in [1.82, 2.24) is 25.5 Å². The molecule has 0 atom stereocenters. The number of H-pyrrole nitrogens is 1. The van der Waals surface area contributed by atoms with Crippen molar-refractivity contribution in [2.24, 2.45) is 0 Å². The molecule has 0 unspecified atom stereocenters. The third-order valence-electron chi connectivity index (χ3n) is 5.41. The Morgan fingerprint density at radius 3 is 2.62 bits per heavy atom. The van der Waals surface area contributed by atoms with Crippen LogP contribution in [0.15, 0.2) is 54.9 Å². The number of benzene rings is 2. The van der Waals surface area contributed by atoms with Crippen molar-refractivity contribution in [3.8, 4) is 5.75 Å². The number of nitrogens with zero attached hydrogens (tertiary/aromatic N) is 3. The van der Waals surface area contributed by atoms with Crippen LogP contribution in [0.25, 0.3) is 10.9 Å². The molecule has 4 N–H and O–H groups in total. The minimum Gasteiger partial charge on any atom is -0.490 e. The number of rotatable bonds is 6. The largest absolute Gasteiger partial charge is 0.490 e. The highest BCUT2D eigenvalue weighted by Crippen LogP contribution is 2.27. The van der Waals surface area contributed by atoms with E-state index in [9.17, 15) is 0 Å². The fourth-order valence-corrected chi connectivity index (χ4v) is 3.69. The van der Waals surface area contributed by atoms with Crippen molar-refractivity contribution in [3.05, 3.63) is 60.4 Å². The molecule has 166 valence electrons. The van der Waals surface area contributed by atoms with Crippen LogP contribution in [0.5, 0.6) is 5.75 Å². The van der Waals surface area contributed by atoms with Crippen LogP contribution in [0.1, 0.15) is 18.4 Å². The summed E-state index contributed by atoms with van der Waals surface area (Å²) in [6.07, 6.45) is 5.98. The number of aryl methyl sites for hydroxylation is 1. The topological polar surface area (TPSA) is 99.8 Å². The summed E-state index contributed by atoms with van der Waals surface area (Å²) in [7, 11) is 0. The van der Waals surface area contributed by atoms with Gasteiger partial charge in [-0.05, 0) is 69.3 Å². The normalized spacial score (nSPS) is 14.0. The first-order chi connectivity index (χ1) is 15.2. The van der Waals surface area contributed by atoms with Gasteiger partial charge in [-0.3, -0.25) is 5.10 Å². The second kappa shape index (κ2) is 9.84. The van der Waals surface area contributed by atoms with Crippen LogP contribution < -0.4 is 20.7 Å². The molecular weight excluding hydrogens is 426 g/mol. The zero-order valence-corrected chi connectivity index (χ0v) is 18.6. The zero-order valence-electron chi connectivity index (χ0n) is 17.8. The summed E-state index contributed by atoms with van der Waals surface area (Å²) in [5.41, 5.74) is 3.78. The SMILES string of the molecule is Cc1cnc(Nc2ccc(OC3CCNCC3)cc2)nc1Nc1cccc2[nH]ncc12.Cl. The lowest BCUT2D eigenvalue weighted by Gasteiger charge is -2.23. The number of fused-ring (bicyclic) bond motifs is 1. The second-order valence-electron chi connectivity index (χ2n) is 7.70. The van der Waals surface area contributed by atoms with Gasteiger partial charge in [-0.1, -0.05) is 6.07 Å². The molecule has 0 spiro atoms. The van der Waals surface area contributed by atoms with Gasteiger partial charge in [0.2, 0.25) is 5.95 Å². The van der Waals surface area contributed by atoms with Crippen LogP contribution in [0.3, 0.4) is 0 Å². The van der Waals surface area contributed by atoms with E-state index in [1.165, 1.54) is 0 Å². The Morgan fingerprint density at radius 1 is 1.00 bits per heavy atom. The molecule has 0 bridgehead atoms. The fraction of sp³-hybridized carbons (Fsp3) is 0.261. The van der Waals surface area contributed by atoms with Crippen molar-refractivity contribution in [2.45, 2.75) is 25.9 Å². The average Bonchev–Trinajstić information content (AvgIpc) is 3.28. The highest BCUT2D eigenvalue weighted by molar-refractivity contribution is 5.92. The van der Waals surface area contributed by atoms with Gasteiger partial charge in [0, 0.05) is 22.8 Å². The molecule has 1 aliphatic rings. The molecule has 1 aliphatic heterocycles. The first-order valence-electron chi connectivity index (χ1n) is 10.5. The number of anilines is 4. The van der Waals surface area contributed by atoms with E-state index >= 15 is 0 Å². The van der Waals surface area contributed by atoms with Crippen molar-refractivity contribution in [3.63, 3.8) is 0 Å². The van der Waals surface area contributed by atoms with Crippen LogP contribution in [0.2, 0.25) is 0 Å². The van der Waals surface area contributed by atoms with E-state index in [0.29, 0.717) is 5.95 Å². The van der Waals surface area contributed by atoms with Crippen LogP contribution in [0.4, 0.5) is 23.1 Å². The summed E-state index contributed by atoms with van der Waals surface area (Å²) >= 11 is 0. The number of aromatic amines is 1. The quantitative estimate of drug-likeness (QED) is 0.337. The summed E-state index contributed by atoms with van der Waals surface area (Å²) in [6.45, 7) is 4.01. The second-order valence-corrected chi connectivity index (χ2v) is 7.70. The van der Waals surface area contributed by atoms with Gasteiger partial charge in [-0.2, -0.15) is 10.1 Å². The van der Waals surface area contributed by atoms with E-state index in [-0.39, 0.29) is 18.5 Å². The molecule has 0 radical (unpaired) electrons. The van der Waals surface area contributed by atoms with Crippen LogP contribution in [-0.4, -0.2) is 39.4 Å². The van der Waals surface area contributed by atoms with Crippen molar-refractivity contribution >= 4 is 46.5 Å². The summed E-state index contributed by atoms with van der Waals surface area (Å²) in [5, 5.41) is 18.2. The number of hydrogen-bond acceptors (Lipinski definition) is 7. The summed E-state index contributed by atoms with van der Waals surface area (Å²) in [4.78, 5) is 9.09. The van der Waals surface area contributed by atoms with E-state index in [1.807, 2.05) is 55.6 Å². The lowest BCUT2D eigenvalue weighted by atomic mass is 10.1. The molecule has 8 nitrogen and oxygen atoms in total. The molecule has 0 saturated carbocycles.